The Balaban J connectivity index is 1.87. The van der Waals surface area contributed by atoms with Crippen molar-refractivity contribution in [1.29, 1.82) is 0 Å². The molecule has 0 unspecified atom stereocenters. The van der Waals surface area contributed by atoms with Gasteiger partial charge in [0.05, 0.1) is 18.0 Å². The minimum Gasteiger partial charge on any atom is -0.395 e. The molecule has 3 aromatic rings. The summed E-state index contributed by atoms with van der Waals surface area (Å²) >= 11 is 12.2. The molecule has 1 aliphatic rings. The first-order chi connectivity index (χ1) is 19.0. The molecular weight excluding hydrogens is 573 g/mol. The summed E-state index contributed by atoms with van der Waals surface area (Å²) < 4.78 is 27.8. The Labute approximate surface area is 243 Å². The first kappa shape index (κ1) is 29.5. The Morgan fingerprint density at radius 3 is 2.42 bits per heavy atom. The van der Waals surface area contributed by atoms with Gasteiger partial charge >= 0.3 is 0 Å². The Kier molecular flexibility index (Phi) is 8.84. The molecule has 4 rings (SSSR count). The lowest BCUT2D eigenvalue weighted by molar-refractivity contribution is -0.110. The second kappa shape index (κ2) is 12.0. The molecule has 0 aromatic heterocycles. The van der Waals surface area contributed by atoms with Crippen molar-refractivity contribution < 1.29 is 18.3 Å². The molecule has 0 saturated carbocycles. The monoisotopic (exact) mass is 601 g/mol. The van der Waals surface area contributed by atoms with Crippen LogP contribution in [0.5, 0.6) is 0 Å². The van der Waals surface area contributed by atoms with E-state index < -0.39 is 15.9 Å². The summed E-state index contributed by atoms with van der Waals surface area (Å²) in [5.41, 5.74) is 3.23. The summed E-state index contributed by atoms with van der Waals surface area (Å²) in [5, 5.41) is 12.9. The highest BCUT2D eigenvalue weighted by Crippen LogP contribution is 2.35. The number of anilines is 2. The van der Waals surface area contributed by atoms with Crippen LogP contribution < -0.4 is 10.2 Å². The van der Waals surface area contributed by atoms with Crippen molar-refractivity contribution in [2.24, 2.45) is 9.98 Å². The summed E-state index contributed by atoms with van der Waals surface area (Å²) in [6.45, 7) is 6.80. The third-order valence-electron chi connectivity index (χ3n) is 6.49. The fraction of sp³-hybridized carbons (Fsp3) is 0.250. The number of aliphatic imine (C=N–C) groups is 2. The molecule has 2 N–H and O–H groups in total. The summed E-state index contributed by atoms with van der Waals surface area (Å²) in [7, 11) is -2.77. The smallest absolute Gasteiger partial charge is 0.278 e. The van der Waals surface area contributed by atoms with E-state index in [1.165, 1.54) is 25.2 Å². The third kappa shape index (κ3) is 6.00. The molecule has 1 heterocycles. The van der Waals surface area contributed by atoms with Gasteiger partial charge in [-0.1, -0.05) is 29.3 Å². The van der Waals surface area contributed by atoms with Gasteiger partial charge in [-0.05, 0) is 80.4 Å². The van der Waals surface area contributed by atoms with Crippen molar-refractivity contribution >= 4 is 73.4 Å². The minimum absolute atomic E-state index is 0.00729. The molecule has 210 valence electrons. The zero-order chi connectivity index (χ0) is 29.2. The number of carbonyl (C=O) groups excluding carboxylic acids is 1. The number of aliphatic hydroxyl groups excluding tert-OH is 1. The molecule has 12 heteroatoms. The molecule has 0 aliphatic carbocycles. The largest absolute Gasteiger partial charge is 0.395 e. The number of hydrogen-bond donors (Lipinski definition) is 2. The standard InChI is InChI=1S/C28H29Cl2N5O4S/c1-5-35(12-13-36)21-9-11-22(18(3)14-21)31-26(28(37)33-24-15-19(29)7-6-17(24)2)27-32-23-10-8-20(30)16-25(23)40(38,39)34(27)4/h6-11,14-16,36H,5,12-13H2,1-4H3,(H,33,37). The van der Waals surface area contributed by atoms with Crippen molar-refractivity contribution in [2.75, 3.05) is 37.0 Å². The zero-order valence-corrected chi connectivity index (χ0v) is 24.8. The maximum Gasteiger partial charge on any atom is 0.278 e. The molecule has 1 aliphatic heterocycles. The van der Waals surface area contributed by atoms with E-state index in [-0.39, 0.29) is 33.8 Å². The fourth-order valence-corrected chi connectivity index (χ4v) is 5.93. The number of rotatable bonds is 8. The van der Waals surface area contributed by atoms with Crippen LogP contribution in [0.15, 0.2) is 69.5 Å². The van der Waals surface area contributed by atoms with Crippen LogP contribution in [0, 0.1) is 13.8 Å². The Morgan fingerprint density at radius 2 is 1.75 bits per heavy atom. The van der Waals surface area contributed by atoms with Crippen LogP contribution >= 0.6 is 23.2 Å². The quantitative estimate of drug-likeness (QED) is 0.331. The molecular formula is C28H29Cl2N5O4S. The van der Waals surface area contributed by atoms with E-state index in [2.05, 4.69) is 15.3 Å². The number of hydrogen-bond acceptors (Lipinski definition) is 7. The number of nitrogens with one attached hydrogen (secondary N) is 1. The van der Waals surface area contributed by atoms with Gasteiger partial charge in [-0.2, -0.15) is 0 Å². The lowest BCUT2D eigenvalue weighted by Gasteiger charge is -2.27. The van der Waals surface area contributed by atoms with Crippen LogP contribution in [0.25, 0.3) is 0 Å². The maximum atomic E-state index is 13.8. The predicted octanol–water partition coefficient (Wildman–Crippen LogP) is 5.50. The van der Waals surface area contributed by atoms with Gasteiger partial charge in [0.15, 0.2) is 11.5 Å². The topological polar surface area (TPSA) is 115 Å². The van der Waals surface area contributed by atoms with E-state index >= 15 is 0 Å². The number of nitrogens with zero attached hydrogens (tertiary/aromatic N) is 4. The number of likely N-dealkylation sites (N-methyl/N-ethyl adjacent to an activating group) is 1. The lowest BCUT2D eigenvalue weighted by atomic mass is 10.1. The number of sulfonamides is 1. The van der Waals surface area contributed by atoms with E-state index in [4.69, 9.17) is 23.2 Å². The molecule has 40 heavy (non-hydrogen) atoms. The van der Waals surface area contributed by atoms with Crippen LogP contribution in [0.2, 0.25) is 10.0 Å². The highest BCUT2D eigenvalue weighted by molar-refractivity contribution is 7.90. The normalized spacial score (nSPS) is 14.4. The molecule has 0 saturated heterocycles. The highest BCUT2D eigenvalue weighted by atomic mass is 35.5. The Morgan fingerprint density at radius 1 is 1.05 bits per heavy atom. The van der Waals surface area contributed by atoms with Crippen molar-refractivity contribution in [3.8, 4) is 0 Å². The first-order valence-corrected chi connectivity index (χ1v) is 14.7. The van der Waals surface area contributed by atoms with Gasteiger partial charge in [0.25, 0.3) is 15.9 Å². The number of benzene rings is 3. The summed E-state index contributed by atoms with van der Waals surface area (Å²) in [5.74, 6) is -0.812. The number of amidine groups is 1. The molecule has 1 amide bonds. The van der Waals surface area contributed by atoms with Gasteiger partial charge in [-0.15, -0.1) is 0 Å². The van der Waals surface area contributed by atoms with Gasteiger partial charge < -0.3 is 15.3 Å². The van der Waals surface area contributed by atoms with Crippen LogP contribution in [-0.4, -0.2) is 62.0 Å². The molecule has 0 bridgehead atoms. The highest BCUT2D eigenvalue weighted by Gasteiger charge is 2.36. The van der Waals surface area contributed by atoms with E-state index in [0.717, 1.165) is 21.1 Å². The summed E-state index contributed by atoms with van der Waals surface area (Å²) in [6.07, 6.45) is 0. The summed E-state index contributed by atoms with van der Waals surface area (Å²) in [6, 6.07) is 14.9. The van der Waals surface area contributed by atoms with Gasteiger partial charge in [0.2, 0.25) is 0 Å². The number of halogens is 2. The summed E-state index contributed by atoms with van der Waals surface area (Å²) in [4.78, 5) is 24.9. The molecule has 3 aromatic carbocycles. The number of aryl methyl sites for hydroxylation is 2. The Hall–Kier alpha value is -3.44. The van der Waals surface area contributed by atoms with Crippen molar-refractivity contribution in [3.05, 3.63) is 75.8 Å². The SMILES string of the molecule is CCN(CCO)c1ccc(N=C(C(=O)Nc2cc(Cl)ccc2C)C2=Nc3ccc(Cl)cc3S(=O)(=O)N2C)c(C)c1. The van der Waals surface area contributed by atoms with Gasteiger partial charge in [0, 0.05) is 41.6 Å². The van der Waals surface area contributed by atoms with Gasteiger partial charge in [0.1, 0.15) is 4.90 Å². The zero-order valence-electron chi connectivity index (χ0n) is 22.4. The number of carbonyl (C=O) groups is 1. The van der Waals surface area contributed by atoms with E-state index in [9.17, 15) is 18.3 Å². The van der Waals surface area contributed by atoms with E-state index in [1.807, 2.05) is 37.8 Å². The lowest BCUT2D eigenvalue weighted by Crippen LogP contribution is -2.44. The van der Waals surface area contributed by atoms with Crippen LogP contribution in [-0.2, 0) is 14.8 Å². The van der Waals surface area contributed by atoms with Crippen LogP contribution in [0.3, 0.4) is 0 Å². The molecule has 9 nitrogen and oxygen atoms in total. The fourth-order valence-electron chi connectivity index (χ4n) is 4.22. The maximum absolute atomic E-state index is 13.8. The number of amides is 1. The number of fused-ring (bicyclic) bond motifs is 1. The number of aliphatic hydroxyl groups is 1. The van der Waals surface area contributed by atoms with Crippen LogP contribution in [0.1, 0.15) is 18.1 Å². The molecule has 0 atom stereocenters. The average molecular weight is 603 g/mol. The predicted molar refractivity (Wildman–Crippen MR) is 162 cm³/mol. The van der Waals surface area contributed by atoms with Crippen molar-refractivity contribution in [3.63, 3.8) is 0 Å². The minimum atomic E-state index is -4.08. The van der Waals surface area contributed by atoms with Crippen molar-refractivity contribution in [1.82, 2.24) is 4.31 Å². The van der Waals surface area contributed by atoms with Crippen molar-refractivity contribution in [2.45, 2.75) is 25.7 Å². The second-order valence-electron chi connectivity index (χ2n) is 9.17. The van der Waals surface area contributed by atoms with E-state index in [1.54, 1.807) is 24.3 Å². The molecule has 0 fully saturated rings. The Bertz CT molecular complexity index is 1640. The first-order valence-electron chi connectivity index (χ1n) is 12.5. The van der Waals surface area contributed by atoms with Gasteiger partial charge in [-0.25, -0.2) is 18.4 Å². The second-order valence-corrected chi connectivity index (χ2v) is 12.0. The molecule has 0 radical (unpaired) electrons. The van der Waals surface area contributed by atoms with Gasteiger partial charge in [-0.3, -0.25) is 9.10 Å². The van der Waals surface area contributed by atoms with Crippen LogP contribution in [0.4, 0.5) is 22.7 Å². The van der Waals surface area contributed by atoms with E-state index in [0.29, 0.717) is 29.5 Å². The third-order valence-corrected chi connectivity index (χ3v) is 8.74. The average Bonchev–Trinajstić information content (AvgIpc) is 2.91. The molecule has 0 spiro atoms.